The van der Waals surface area contributed by atoms with Gasteiger partial charge in [-0.1, -0.05) is 31.4 Å². The Morgan fingerprint density at radius 1 is 1.09 bits per heavy atom. The first-order valence-electron chi connectivity index (χ1n) is 11.2. The minimum absolute atomic E-state index is 0.0447. The van der Waals surface area contributed by atoms with Gasteiger partial charge in [0.15, 0.2) is 0 Å². The van der Waals surface area contributed by atoms with Crippen LogP contribution in [0, 0.1) is 6.92 Å². The van der Waals surface area contributed by atoms with Crippen LogP contribution in [0.1, 0.15) is 50.2 Å². The number of allylic oxidation sites excluding steroid dienone is 1. The highest BCUT2D eigenvalue weighted by Crippen LogP contribution is 2.40. The van der Waals surface area contributed by atoms with Crippen LogP contribution >= 0.6 is 0 Å². The lowest BCUT2D eigenvalue weighted by atomic mass is 9.95. The molecule has 5 heteroatoms. The Balaban J connectivity index is 1.71. The molecule has 0 radical (unpaired) electrons. The highest BCUT2D eigenvalue weighted by atomic mass is 16.5. The number of carbonyl (C=O) groups is 1. The summed E-state index contributed by atoms with van der Waals surface area (Å²) >= 11 is 0. The van der Waals surface area contributed by atoms with Crippen LogP contribution in [0.25, 0.3) is 27.7 Å². The molecule has 1 N–H and O–H groups in total. The Morgan fingerprint density at radius 2 is 1.81 bits per heavy atom. The number of furan rings is 1. The Morgan fingerprint density at radius 3 is 2.47 bits per heavy atom. The van der Waals surface area contributed by atoms with E-state index >= 15 is 0 Å². The van der Waals surface area contributed by atoms with Crippen molar-refractivity contribution >= 4 is 22.4 Å². The zero-order valence-corrected chi connectivity index (χ0v) is 19.3. The SMILES string of the molecule is COc1ccc(-c2coc3c(C)c(OC)c(/C(C)=C/C(=O)NC4CCCCC4)cc23)cc1. The van der Waals surface area contributed by atoms with Crippen molar-refractivity contribution in [1.29, 1.82) is 0 Å². The molecule has 0 spiro atoms. The summed E-state index contributed by atoms with van der Waals surface area (Å²) < 4.78 is 17.0. The van der Waals surface area contributed by atoms with Crippen LogP contribution in [0.3, 0.4) is 0 Å². The van der Waals surface area contributed by atoms with Gasteiger partial charge in [-0.2, -0.15) is 0 Å². The van der Waals surface area contributed by atoms with Crippen molar-refractivity contribution in [3.8, 4) is 22.6 Å². The summed E-state index contributed by atoms with van der Waals surface area (Å²) in [6.45, 7) is 3.94. The fourth-order valence-corrected chi connectivity index (χ4v) is 4.63. The summed E-state index contributed by atoms with van der Waals surface area (Å²) in [5.74, 6) is 1.49. The molecule has 1 fully saturated rings. The molecule has 168 valence electrons. The molecule has 32 heavy (non-hydrogen) atoms. The maximum absolute atomic E-state index is 12.7. The second-order valence-corrected chi connectivity index (χ2v) is 8.51. The molecule has 0 aliphatic heterocycles. The van der Waals surface area contributed by atoms with Crippen molar-refractivity contribution in [2.45, 2.75) is 52.0 Å². The lowest BCUT2D eigenvalue weighted by Crippen LogP contribution is -2.35. The second kappa shape index (κ2) is 9.51. The topological polar surface area (TPSA) is 60.7 Å². The van der Waals surface area contributed by atoms with Crippen molar-refractivity contribution in [1.82, 2.24) is 5.32 Å². The van der Waals surface area contributed by atoms with E-state index in [-0.39, 0.29) is 11.9 Å². The standard InChI is InChI=1S/C27H31NO4/c1-17(14-25(29)28-20-8-6-5-7-9-20)22-15-23-24(19-10-12-21(30-3)13-11-19)16-32-27(23)18(2)26(22)31-4/h10-16,20H,5-9H2,1-4H3,(H,28,29)/b17-14+. The van der Waals surface area contributed by atoms with Gasteiger partial charge in [0.1, 0.15) is 17.1 Å². The van der Waals surface area contributed by atoms with Crippen LogP contribution in [0.2, 0.25) is 0 Å². The molecule has 0 atom stereocenters. The van der Waals surface area contributed by atoms with E-state index in [0.717, 1.165) is 63.1 Å². The summed E-state index contributed by atoms with van der Waals surface area (Å²) in [6.07, 6.45) is 9.22. The Bertz CT molecular complexity index is 1130. The third kappa shape index (κ3) is 4.38. The number of amides is 1. The van der Waals surface area contributed by atoms with Gasteiger partial charge in [-0.3, -0.25) is 4.79 Å². The van der Waals surface area contributed by atoms with Gasteiger partial charge in [0.05, 0.1) is 20.5 Å². The van der Waals surface area contributed by atoms with Crippen molar-refractivity contribution < 1.29 is 18.7 Å². The first-order chi connectivity index (χ1) is 15.5. The monoisotopic (exact) mass is 433 g/mol. The molecular weight excluding hydrogens is 402 g/mol. The summed E-state index contributed by atoms with van der Waals surface area (Å²) in [4.78, 5) is 12.7. The lowest BCUT2D eigenvalue weighted by Gasteiger charge is -2.22. The van der Waals surface area contributed by atoms with E-state index in [9.17, 15) is 4.79 Å². The number of nitrogens with one attached hydrogen (secondary N) is 1. The van der Waals surface area contributed by atoms with Crippen LogP contribution in [-0.2, 0) is 4.79 Å². The van der Waals surface area contributed by atoms with Gasteiger partial charge in [0, 0.05) is 34.2 Å². The van der Waals surface area contributed by atoms with E-state index in [1.54, 1.807) is 26.6 Å². The molecule has 2 aromatic carbocycles. The van der Waals surface area contributed by atoms with Crippen LogP contribution in [0.4, 0.5) is 0 Å². The first kappa shape index (κ1) is 22.0. The molecule has 1 amide bonds. The normalized spacial score (nSPS) is 15.1. The highest BCUT2D eigenvalue weighted by molar-refractivity contribution is 6.01. The number of carbonyl (C=O) groups excluding carboxylic acids is 1. The van der Waals surface area contributed by atoms with Crippen molar-refractivity contribution in [2.24, 2.45) is 0 Å². The third-order valence-corrected chi connectivity index (χ3v) is 6.37. The number of fused-ring (bicyclic) bond motifs is 1. The molecule has 0 unspecified atom stereocenters. The van der Waals surface area contributed by atoms with Crippen LogP contribution in [0.5, 0.6) is 11.5 Å². The average Bonchev–Trinajstić information content (AvgIpc) is 3.24. The van der Waals surface area contributed by atoms with E-state index in [1.807, 2.05) is 38.1 Å². The molecule has 1 aromatic heterocycles. The predicted octanol–water partition coefficient (Wildman–Crippen LogP) is 6.28. The smallest absolute Gasteiger partial charge is 0.244 e. The zero-order valence-electron chi connectivity index (χ0n) is 19.3. The molecule has 0 bridgehead atoms. The number of benzene rings is 2. The van der Waals surface area contributed by atoms with Gasteiger partial charge >= 0.3 is 0 Å². The quantitative estimate of drug-likeness (QED) is 0.465. The minimum atomic E-state index is -0.0447. The summed E-state index contributed by atoms with van der Waals surface area (Å²) in [5, 5.41) is 4.16. The molecular formula is C27H31NO4. The van der Waals surface area contributed by atoms with Gasteiger partial charge in [0.25, 0.3) is 0 Å². The molecule has 0 saturated heterocycles. The summed E-state index contributed by atoms with van der Waals surface area (Å²) in [7, 11) is 3.31. The minimum Gasteiger partial charge on any atom is -0.497 e. The second-order valence-electron chi connectivity index (χ2n) is 8.51. The molecule has 1 aliphatic carbocycles. The fourth-order valence-electron chi connectivity index (χ4n) is 4.63. The molecule has 4 rings (SSSR count). The van der Waals surface area contributed by atoms with E-state index in [2.05, 4.69) is 11.4 Å². The molecule has 5 nitrogen and oxygen atoms in total. The van der Waals surface area contributed by atoms with Crippen molar-refractivity contribution in [3.05, 3.63) is 53.8 Å². The number of hydrogen-bond donors (Lipinski definition) is 1. The van der Waals surface area contributed by atoms with E-state index in [4.69, 9.17) is 13.9 Å². The number of ether oxygens (including phenoxy) is 2. The summed E-state index contributed by atoms with van der Waals surface area (Å²) in [6, 6.07) is 10.2. The molecule has 1 aliphatic rings. The number of rotatable bonds is 6. The van der Waals surface area contributed by atoms with Gasteiger partial charge in [-0.15, -0.1) is 0 Å². The van der Waals surface area contributed by atoms with Crippen molar-refractivity contribution in [3.63, 3.8) is 0 Å². The Labute approximate surface area is 189 Å². The Hall–Kier alpha value is -3.21. The van der Waals surface area contributed by atoms with E-state index in [0.29, 0.717) is 0 Å². The van der Waals surface area contributed by atoms with Crippen LogP contribution < -0.4 is 14.8 Å². The first-order valence-corrected chi connectivity index (χ1v) is 11.2. The van der Waals surface area contributed by atoms with E-state index < -0.39 is 0 Å². The zero-order chi connectivity index (χ0) is 22.7. The average molecular weight is 434 g/mol. The fraction of sp³-hybridized carbons (Fsp3) is 0.370. The van der Waals surface area contributed by atoms with Gasteiger partial charge in [0.2, 0.25) is 5.91 Å². The molecule has 1 heterocycles. The third-order valence-electron chi connectivity index (χ3n) is 6.37. The maximum Gasteiger partial charge on any atom is 0.244 e. The largest absolute Gasteiger partial charge is 0.497 e. The van der Waals surface area contributed by atoms with Gasteiger partial charge in [-0.25, -0.2) is 0 Å². The van der Waals surface area contributed by atoms with Gasteiger partial charge < -0.3 is 19.2 Å². The van der Waals surface area contributed by atoms with Crippen LogP contribution in [-0.4, -0.2) is 26.2 Å². The van der Waals surface area contributed by atoms with Crippen LogP contribution in [0.15, 0.2) is 47.1 Å². The van der Waals surface area contributed by atoms with E-state index in [1.165, 1.54) is 19.3 Å². The number of hydrogen-bond acceptors (Lipinski definition) is 4. The summed E-state index contributed by atoms with van der Waals surface area (Å²) in [5.41, 5.74) is 5.50. The number of aryl methyl sites for hydroxylation is 1. The lowest BCUT2D eigenvalue weighted by molar-refractivity contribution is -0.117. The molecule has 3 aromatic rings. The Kier molecular flexibility index (Phi) is 6.54. The van der Waals surface area contributed by atoms with Crippen molar-refractivity contribution in [2.75, 3.05) is 14.2 Å². The predicted molar refractivity (Wildman–Crippen MR) is 128 cm³/mol. The highest BCUT2D eigenvalue weighted by Gasteiger charge is 2.20. The van der Waals surface area contributed by atoms with Gasteiger partial charge in [-0.05, 0) is 56.0 Å². The maximum atomic E-state index is 12.7. The number of methoxy groups -OCH3 is 2. The molecule has 1 saturated carbocycles.